The molecule has 0 spiro atoms. The first-order valence-electron chi connectivity index (χ1n) is 6.39. The summed E-state index contributed by atoms with van der Waals surface area (Å²) in [5.41, 5.74) is 0.0277. The van der Waals surface area contributed by atoms with Gasteiger partial charge in [0.15, 0.2) is 0 Å². The monoisotopic (exact) mass is 246 g/mol. The van der Waals surface area contributed by atoms with Gasteiger partial charge in [-0.1, -0.05) is 37.3 Å². The first-order chi connectivity index (χ1) is 8.49. The van der Waals surface area contributed by atoms with Crippen LogP contribution in [-0.2, 0) is 5.60 Å². The molecule has 3 heteroatoms. The van der Waals surface area contributed by atoms with E-state index in [2.05, 4.69) is 11.0 Å². The largest absolute Gasteiger partial charge is 0.384 e. The molecule has 98 valence electrons. The molecule has 0 aliphatic carbocycles. The molecule has 0 aromatic heterocycles. The van der Waals surface area contributed by atoms with Gasteiger partial charge in [0.1, 0.15) is 0 Å². The minimum atomic E-state index is -0.882. The molecule has 18 heavy (non-hydrogen) atoms. The van der Waals surface area contributed by atoms with Crippen molar-refractivity contribution in [3.63, 3.8) is 0 Å². The quantitative estimate of drug-likeness (QED) is 0.838. The summed E-state index contributed by atoms with van der Waals surface area (Å²) in [4.78, 5) is 2.11. The fourth-order valence-corrected chi connectivity index (χ4v) is 2.06. The maximum atomic E-state index is 10.5. The zero-order valence-corrected chi connectivity index (χ0v) is 11.4. The number of nitrogens with zero attached hydrogens (tertiary/aromatic N) is 2. The number of likely N-dealkylation sites (N-methyl/N-ethyl adjacent to an activating group) is 1. The standard InChI is InChI=1S/C15H22N2O/c1-4-17(11-13(2)10-16)12-15(3,18)14-8-6-5-7-9-14/h5-9,13,18H,4,11-12H2,1-3H3. The first-order valence-corrected chi connectivity index (χ1v) is 6.39. The summed E-state index contributed by atoms with van der Waals surface area (Å²) in [6, 6.07) is 11.9. The maximum absolute atomic E-state index is 10.5. The molecule has 3 nitrogen and oxygen atoms in total. The van der Waals surface area contributed by atoms with Crippen molar-refractivity contribution in [1.29, 1.82) is 5.26 Å². The molecule has 0 radical (unpaired) electrons. The minimum Gasteiger partial charge on any atom is -0.384 e. The summed E-state index contributed by atoms with van der Waals surface area (Å²) in [5, 5.41) is 19.4. The molecule has 0 saturated heterocycles. The van der Waals surface area contributed by atoms with E-state index in [-0.39, 0.29) is 5.92 Å². The second-order valence-electron chi connectivity index (χ2n) is 5.00. The van der Waals surface area contributed by atoms with Crippen molar-refractivity contribution < 1.29 is 5.11 Å². The molecule has 0 fully saturated rings. The van der Waals surface area contributed by atoms with E-state index in [1.807, 2.05) is 51.1 Å². The van der Waals surface area contributed by atoms with Gasteiger partial charge in [-0.25, -0.2) is 0 Å². The molecule has 0 bridgehead atoms. The van der Waals surface area contributed by atoms with Gasteiger partial charge < -0.3 is 5.11 Å². The van der Waals surface area contributed by atoms with E-state index in [1.165, 1.54) is 0 Å². The highest BCUT2D eigenvalue weighted by atomic mass is 16.3. The van der Waals surface area contributed by atoms with Crippen LogP contribution in [0.25, 0.3) is 0 Å². The molecular weight excluding hydrogens is 224 g/mol. The van der Waals surface area contributed by atoms with Crippen LogP contribution in [0.1, 0.15) is 26.3 Å². The Labute approximate surface area is 110 Å². The van der Waals surface area contributed by atoms with Crippen molar-refractivity contribution in [2.75, 3.05) is 19.6 Å². The normalized spacial score (nSPS) is 16.0. The van der Waals surface area contributed by atoms with Gasteiger partial charge in [-0.05, 0) is 26.0 Å². The Balaban J connectivity index is 2.72. The van der Waals surface area contributed by atoms with Crippen LogP contribution >= 0.6 is 0 Å². The van der Waals surface area contributed by atoms with Gasteiger partial charge in [0, 0.05) is 13.1 Å². The number of nitriles is 1. The summed E-state index contributed by atoms with van der Waals surface area (Å²) in [5.74, 6) is -0.0171. The third-order valence-corrected chi connectivity index (χ3v) is 3.13. The van der Waals surface area contributed by atoms with E-state index >= 15 is 0 Å². The zero-order valence-electron chi connectivity index (χ0n) is 11.4. The molecule has 1 aromatic rings. The molecule has 1 rings (SSSR count). The lowest BCUT2D eigenvalue weighted by Gasteiger charge is -2.31. The number of rotatable bonds is 6. The lowest BCUT2D eigenvalue weighted by Crippen LogP contribution is -2.40. The lowest BCUT2D eigenvalue weighted by atomic mass is 9.95. The second-order valence-corrected chi connectivity index (χ2v) is 5.00. The average molecular weight is 246 g/mol. The van der Waals surface area contributed by atoms with Crippen LogP contribution in [0.5, 0.6) is 0 Å². The minimum absolute atomic E-state index is 0.0171. The third-order valence-electron chi connectivity index (χ3n) is 3.13. The van der Waals surface area contributed by atoms with E-state index in [4.69, 9.17) is 5.26 Å². The van der Waals surface area contributed by atoms with E-state index in [0.717, 1.165) is 12.1 Å². The predicted octanol–water partition coefficient (Wildman–Crippen LogP) is 2.38. The van der Waals surface area contributed by atoms with Crippen molar-refractivity contribution in [2.24, 2.45) is 5.92 Å². The average Bonchev–Trinajstić information content (AvgIpc) is 2.38. The van der Waals surface area contributed by atoms with Crippen LogP contribution in [0.3, 0.4) is 0 Å². The van der Waals surface area contributed by atoms with E-state index < -0.39 is 5.60 Å². The zero-order chi connectivity index (χ0) is 13.6. The molecule has 2 unspecified atom stereocenters. The molecule has 0 saturated carbocycles. The third kappa shape index (κ3) is 4.14. The van der Waals surface area contributed by atoms with Gasteiger partial charge in [0.2, 0.25) is 0 Å². The molecule has 0 amide bonds. The van der Waals surface area contributed by atoms with Gasteiger partial charge in [-0.2, -0.15) is 5.26 Å². The van der Waals surface area contributed by atoms with Gasteiger partial charge in [0.05, 0.1) is 17.6 Å². The molecule has 0 heterocycles. The smallest absolute Gasteiger partial charge is 0.0994 e. The second kappa shape index (κ2) is 6.53. The lowest BCUT2D eigenvalue weighted by molar-refractivity contribution is 0.0153. The van der Waals surface area contributed by atoms with Crippen LogP contribution in [0.15, 0.2) is 30.3 Å². The highest BCUT2D eigenvalue weighted by Gasteiger charge is 2.26. The topological polar surface area (TPSA) is 47.3 Å². The van der Waals surface area contributed by atoms with Crippen LogP contribution in [-0.4, -0.2) is 29.6 Å². The Morgan fingerprint density at radius 3 is 2.50 bits per heavy atom. The number of hydrogen-bond acceptors (Lipinski definition) is 3. The van der Waals surface area contributed by atoms with Crippen molar-refractivity contribution in [3.8, 4) is 6.07 Å². The van der Waals surface area contributed by atoms with Gasteiger partial charge in [-0.3, -0.25) is 4.90 Å². The highest BCUT2D eigenvalue weighted by Crippen LogP contribution is 2.21. The molecule has 0 aliphatic heterocycles. The summed E-state index contributed by atoms with van der Waals surface area (Å²) >= 11 is 0. The molecule has 1 aromatic carbocycles. The fourth-order valence-electron chi connectivity index (χ4n) is 2.06. The number of benzene rings is 1. The van der Waals surface area contributed by atoms with Crippen LogP contribution in [0.2, 0.25) is 0 Å². The SMILES string of the molecule is CCN(CC(C)C#N)CC(C)(O)c1ccccc1. The Morgan fingerprint density at radius 2 is 2.00 bits per heavy atom. The molecule has 1 N–H and O–H groups in total. The summed E-state index contributed by atoms with van der Waals surface area (Å²) in [6.07, 6.45) is 0. The van der Waals surface area contributed by atoms with E-state index in [1.54, 1.807) is 0 Å². The molecule has 0 aliphatic rings. The van der Waals surface area contributed by atoms with Crippen molar-refractivity contribution in [1.82, 2.24) is 4.90 Å². The van der Waals surface area contributed by atoms with Gasteiger partial charge >= 0.3 is 0 Å². The number of hydrogen-bond donors (Lipinski definition) is 1. The Hall–Kier alpha value is -1.37. The Kier molecular flexibility index (Phi) is 5.33. The summed E-state index contributed by atoms with van der Waals surface area (Å²) in [7, 11) is 0. The van der Waals surface area contributed by atoms with E-state index in [9.17, 15) is 5.11 Å². The van der Waals surface area contributed by atoms with Crippen LogP contribution in [0, 0.1) is 17.2 Å². The van der Waals surface area contributed by atoms with Gasteiger partial charge in [0.25, 0.3) is 0 Å². The van der Waals surface area contributed by atoms with Crippen LogP contribution < -0.4 is 0 Å². The highest BCUT2D eigenvalue weighted by molar-refractivity contribution is 5.21. The summed E-state index contributed by atoms with van der Waals surface area (Å²) in [6.45, 7) is 7.83. The molecular formula is C15H22N2O. The number of aliphatic hydroxyl groups is 1. The predicted molar refractivity (Wildman–Crippen MR) is 72.9 cm³/mol. The van der Waals surface area contributed by atoms with Crippen molar-refractivity contribution >= 4 is 0 Å². The maximum Gasteiger partial charge on any atom is 0.0994 e. The Morgan fingerprint density at radius 1 is 1.39 bits per heavy atom. The molecule has 2 atom stereocenters. The van der Waals surface area contributed by atoms with Crippen LogP contribution in [0.4, 0.5) is 0 Å². The van der Waals surface area contributed by atoms with Crippen molar-refractivity contribution in [3.05, 3.63) is 35.9 Å². The van der Waals surface area contributed by atoms with Crippen molar-refractivity contribution in [2.45, 2.75) is 26.4 Å². The first kappa shape index (κ1) is 14.7. The fraction of sp³-hybridized carbons (Fsp3) is 0.533. The summed E-state index contributed by atoms with van der Waals surface area (Å²) < 4.78 is 0. The Bertz CT molecular complexity index is 395. The van der Waals surface area contributed by atoms with E-state index in [0.29, 0.717) is 13.1 Å². The van der Waals surface area contributed by atoms with Gasteiger partial charge in [-0.15, -0.1) is 0 Å².